The van der Waals surface area contributed by atoms with Crippen LogP contribution in [-0.2, 0) is 27.5 Å². The minimum atomic E-state index is -0.984. The van der Waals surface area contributed by atoms with Gasteiger partial charge in [-0.25, -0.2) is 52.5 Å². The Bertz CT molecular complexity index is 1920. The Morgan fingerprint density at radius 1 is 0.641 bits per heavy atom. The van der Waals surface area contributed by atoms with Gasteiger partial charge in [-0.2, -0.15) is 4.99 Å². The lowest BCUT2D eigenvalue weighted by Crippen LogP contribution is -2.52. The molecular weight excluding hydrogens is 504 g/mol. The quantitative estimate of drug-likeness (QED) is 0.255. The van der Waals surface area contributed by atoms with E-state index in [1.165, 1.54) is 66.8 Å². The van der Waals surface area contributed by atoms with Crippen LogP contribution in [0.3, 0.4) is 0 Å². The highest BCUT2D eigenvalue weighted by molar-refractivity contribution is 5.53. The standard InChI is InChI=1S/C27H18N6O6/c1-18-8-9-24(11-20(18)14-29-16-35)33-26(38)31(22-6-2-4-19(10-22)13-28-15-34)25(37)32(27(33)39)23-7-3-5-21(12-23)30-17-36/h2-12H,13-14H2,1H3. The van der Waals surface area contributed by atoms with Crippen LogP contribution in [0.25, 0.3) is 17.1 Å². The van der Waals surface area contributed by atoms with Gasteiger partial charge in [-0.3, -0.25) is 0 Å². The maximum absolute atomic E-state index is 13.8. The highest BCUT2D eigenvalue weighted by Gasteiger charge is 2.20. The fraction of sp³-hybridized carbons (Fsp3) is 0.111. The Balaban J connectivity index is 2.11. The van der Waals surface area contributed by atoms with Crippen molar-refractivity contribution in [2.75, 3.05) is 0 Å². The number of aliphatic imine (C=N–C) groups is 3. The molecule has 192 valence electrons. The van der Waals surface area contributed by atoms with Gasteiger partial charge in [-0.05, 0) is 66.1 Å². The lowest BCUT2D eigenvalue weighted by Gasteiger charge is -2.15. The monoisotopic (exact) mass is 522 g/mol. The Hall–Kier alpha value is -5.79. The van der Waals surface area contributed by atoms with Crippen molar-refractivity contribution in [2.24, 2.45) is 15.0 Å². The van der Waals surface area contributed by atoms with Gasteiger partial charge in [0.15, 0.2) is 0 Å². The molecule has 0 amide bonds. The van der Waals surface area contributed by atoms with Crippen molar-refractivity contribution >= 4 is 23.9 Å². The third kappa shape index (κ3) is 5.34. The molecule has 0 fully saturated rings. The zero-order valence-electron chi connectivity index (χ0n) is 20.4. The molecule has 0 aliphatic heterocycles. The zero-order valence-corrected chi connectivity index (χ0v) is 20.4. The Labute approximate surface area is 219 Å². The summed E-state index contributed by atoms with van der Waals surface area (Å²) in [6.07, 6.45) is 4.29. The van der Waals surface area contributed by atoms with Crippen LogP contribution in [0.2, 0.25) is 0 Å². The van der Waals surface area contributed by atoms with Crippen LogP contribution >= 0.6 is 0 Å². The molecule has 12 nitrogen and oxygen atoms in total. The number of hydrogen-bond donors (Lipinski definition) is 0. The number of nitrogens with zero attached hydrogens (tertiary/aromatic N) is 6. The first kappa shape index (κ1) is 26.3. The topological polar surface area (TPSA) is 154 Å². The molecular formula is C27H18N6O6. The van der Waals surface area contributed by atoms with Crippen LogP contribution in [0.4, 0.5) is 5.69 Å². The third-order valence-electron chi connectivity index (χ3n) is 5.81. The average Bonchev–Trinajstić information content (AvgIpc) is 2.92. The zero-order chi connectivity index (χ0) is 27.9. The van der Waals surface area contributed by atoms with Gasteiger partial charge in [0, 0.05) is 0 Å². The van der Waals surface area contributed by atoms with E-state index >= 15 is 0 Å². The third-order valence-corrected chi connectivity index (χ3v) is 5.81. The molecule has 0 atom stereocenters. The van der Waals surface area contributed by atoms with Gasteiger partial charge in [-0.15, -0.1) is 0 Å². The van der Waals surface area contributed by atoms with Crippen molar-refractivity contribution in [2.45, 2.75) is 20.0 Å². The minimum Gasteiger partial charge on any atom is -0.246 e. The maximum atomic E-state index is 13.8. The van der Waals surface area contributed by atoms with Crippen molar-refractivity contribution in [1.82, 2.24) is 13.7 Å². The van der Waals surface area contributed by atoms with Crippen LogP contribution in [0.15, 0.2) is 96.1 Å². The Morgan fingerprint density at radius 3 is 1.82 bits per heavy atom. The molecule has 12 heteroatoms. The highest BCUT2D eigenvalue weighted by atomic mass is 16.2. The van der Waals surface area contributed by atoms with Crippen LogP contribution in [-0.4, -0.2) is 31.9 Å². The maximum Gasteiger partial charge on any atom is 0.345 e. The first-order valence-electron chi connectivity index (χ1n) is 11.4. The SMILES string of the molecule is Cc1ccc(-n2c(=O)n(-c3cccc(CN=C=O)c3)c(=O)n(-c3cccc(N=C=O)c3)c2=O)cc1CN=C=O. The van der Waals surface area contributed by atoms with Gasteiger partial charge in [0.25, 0.3) is 0 Å². The van der Waals surface area contributed by atoms with E-state index in [4.69, 9.17) is 0 Å². The number of hydrogen-bond acceptors (Lipinski definition) is 9. The lowest BCUT2D eigenvalue weighted by molar-refractivity contribution is 0.562. The van der Waals surface area contributed by atoms with E-state index in [9.17, 15) is 28.8 Å². The molecule has 0 radical (unpaired) electrons. The fourth-order valence-electron chi connectivity index (χ4n) is 3.96. The van der Waals surface area contributed by atoms with Gasteiger partial charge in [-0.1, -0.05) is 24.3 Å². The van der Waals surface area contributed by atoms with Crippen LogP contribution in [0.1, 0.15) is 16.7 Å². The number of aromatic nitrogens is 3. The number of benzene rings is 3. The lowest BCUT2D eigenvalue weighted by atomic mass is 10.1. The average molecular weight is 522 g/mol. The summed E-state index contributed by atoms with van der Waals surface area (Å²) in [4.78, 5) is 83.9. The summed E-state index contributed by atoms with van der Waals surface area (Å²) in [5.41, 5.74) is -0.689. The molecule has 0 bridgehead atoms. The number of aryl methyl sites for hydroxylation is 1. The second kappa shape index (κ2) is 11.5. The van der Waals surface area contributed by atoms with E-state index in [0.717, 1.165) is 19.3 Å². The normalized spacial score (nSPS) is 10.2. The summed E-state index contributed by atoms with van der Waals surface area (Å²) >= 11 is 0. The van der Waals surface area contributed by atoms with Crippen molar-refractivity contribution < 1.29 is 14.4 Å². The van der Waals surface area contributed by atoms with Gasteiger partial charge in [0.2, 0.25) is 18.2 Å². The molecule has 0 unspecified atom stereocenters. The largest absolute Gasteiger partial charge is 0.345 e. The van der Waals surface area contributed by atoms with Crippen molar-refractivity contribution in [3.8, 4) is 17.1 Å². The van der Waals surface area contributed by atoms with E-state index in [2.05, 4.69) is 15.0 Å². The van der Waals surface area contributed by atoms with Gasteiger partial charge in [0.05, 0.1) is 35.8 Å². The Morgan fingerprint density at radius 2 is 1.21 bits per heavy atom. The van der Waals surface area contributed by atoms with Gasteiger partial charge in [0.1, 0.15) is 0 Å². The predicted molar refractivity (Wildman–Crippen MR) is 139 cm³/mol. The highest BCUT2D eigenvalue weighted by Crippen LogP contribution is 2.17. The van der Waals surface area contributed by atoms with Crippen LogP contribution in [0, 0.1) is 6.92 Å². The van der Waals surface area contributed by atoms with E-state index in [0.29, 0.717) is 11.1 Å². The van der Waals surface area contributed by atoms with E-state index in [-0.39, 0.29) is 35.8 Å². The smallest absolute Gasteiger partial charge is 0.246 e. The molecule has 3 aromatic carbocycles. The van der Waals surface area contributed by atoms with Crippen molar-refractivity contribution in [3.63, 3.8) is 0 Å². The van der Waals surface area contributed by atoms with Crippen molar-refractivity contribution in [1.29, 1.82) is 0 Å². The second-order valence-electron chi connectivity index (χ2n) is 8.17. The molecule has 4 rings (SSSR count). The summed E-state index contributed by atoms with van der Waals surface area (Å²) in [6, 6.07) is 16.6. The molecule has 1 aromatic heterocycles. The first-order valence-corrected chi connectivity index (χ1v) is 11.4. The molecule has 0 spiro atoms. The molecule has 0 saturated heterocycles. The first-order chi connectivity index (χ1) is 18.9. The van der Waals surface area contributed by atoms with Gasteiger partial charge < -0.3 is 0 Å². The molecule has 0 aliphatic carbocycles. The summed E-state index contributed by atoms with van der Waals surface area (Å²) in [7, 11) is 0. The molecule has 1 heterocycles. The van der Waals surface area contributed by atoms with E-state index < -0.39 is 17.1 Å². The molecule has 39 heavy (non-hydrogen) atoms. The van der Waals surface area contributed by atoms with E-state index in [1.54, 1.807) is 25.1 Å². The fourth-order valence-corrected chi connectivity index (χ4v) is 3.96. The minimum absolute atomic E-state index is 0.0310. The summed E-state index contributed by atoms with van der Waals surface area (Å²) in [5, 5.41) is 0. The molecule has 0 N–H and O–H groups in total. The van der Waals surface area contributed by atoms with Crippen molar-refractivity contribution in [3.05, 3.63) is 115 Å². The van der Waals surface area contributed by atoms with E-state index in [1.807, 2.05) is 0 Å². The van der Waals surface area contributed by atoms with Crippen LogP contribution in [0.5, 0.6) is 0 Å². The Kier molecular flexibility index (Phi) is 7.76. The summed E-state index contributed by atoms with van der Waals surface area (Å²) < 4.78 is 2.37. The summed E-state index contributed by atoms with van der Waals surface area (Å²) in [6.45, 7) is 1.70. The number of isocyanates is 3. The van der Waals surface area contributed by atoms with Crippen LogP contribution < -0.4 is 17.1 Å². The number of rotatable bonds is 8. The second-order valence-corrected chi connectivity index (χ2v) is 8.17. The summed E-state index contributed by atoms with van der Waals surface area (Å²) in [5.74, 6) is 0. The molecule has 0 aliphatic rings. The predicted octanol–water partition coefficient (Wildman–Crippen LogP) is 2.09. The molecule has 0 saturated carbocycles. The molecule has 4 aromatic rings. The number of carbonyl (C=O) groups excluding carboxylic acids is 3. The van der Waals surface area contributed by atoms with Gasteiger partial charge >= 0.3 is 17.1 Å².